The van der Waals surface area contributed by atoms with Gasteiger partial charge in [0.05, 0.1) is 7.11 Å². The van der Waals surface area contributed by atoms with Crippen molar-refractivity contribution in [1.82, 2.24) is 10.1 Å². The number of methoxy groups -OCH3 is 1. The predicted molar refractivity (Wildman–Crippen MR) is 78.3 cm³/mol. The van der Waals surface area contributed by atoms with Gasteiger partial charge in [-0.2, -0.15) is 4.98 Å². The van der Waals surface area contributed by atoms with Gasteiger partial charge in [0.25, 0.3) is 0 Å². The summed E-state index contributed by atoms with van der Waals surface area (Å²) in [5, 5.41) is 3.88. The lowest BCUT2D eigenvalue weighted by Crippen LogP contribution is -2.06. The van der Waals surface area contributed by atoms with Crippen LogP contribution in [0.3, 0.4) is 0 Å². The van der Waals surface area contributed by atoms with Crippen LogP contribution in [-0.2, 0) is 6.61 Å². The highest BCUT2D eigenvalue weighted by Crippen LogP contribution is 2.30. The standard InChI is InChI=1S/C15H21N3O3/c1-9(2)15-17-14(18-21-15)8-20-12-6-5-11(10(3)16)7-13(12)19-4/h5-7,9-10H,8,16H2,1-4H3/t10-/m1/s1. The van der Waals surface area contributed by atoms with Gasteiger partial charge in [-0.1, -0.05) is 25.1 Å². The van der Waals surface area contributed by atoms with Crippen LogP contribution in [0.1, 0.15) is 50.0 Å². The van der Waals surface area contributed by atoms with Crippen LogP contribution >= 0.6 is 0 Å². The molecule has 114 valence electrons. The first-order valence-electron chi connectivity index (χ1n) is 6.90. The van der Waals surface area contributed by atoms with Crippen molar-refractivity contribution in [2.75, 3.05) is 7.11 Å². The molecule has 0 saturated carbocycles. The van der Waals surface area contributed by atoms with E-state index in [1.165, 1.54) is 0 Å². The fourth-order valence-electron chi connectivity index (χ4n) is 1.79. The third-order valence-electron chi connectivity index (χ3n) is 3.05. The van der Waals surface area contributed by atoms with E-state index >= 15 is 0 Å². The lowest BCUT2D eigenvalue weighted by molar-refractivity contribution is 0.268. The van der Waals surface area contributed by atoms with E-state index in [0.29, 0.717) is 23.2 Å². The fraction of sp³-hybridized carbons (Fsp3) is 0.467. The molecule has 0 aliphatic carbocycles. The summed E-state index contributed by atoms with van der Waals surface area (Å²) in [4.78, 5) is 4.26. The van der Waals surface area contributed by atoms with E-state index in [1.54, 1.807) is 7.11 Å². The van der Waals surface area contributed by atoms with E-state index in [2.05, 4.69) is 10.1 Å². The highest BCUT2D eigenvalue weighted by Gasteiger charge is 2.12. The Morgan fingerprint density at radius 3 is 2.57 bits per heavy atom. The van der Waals surface area contributed by atoms with Crippen LogP contribution in [0, 0.1) is 0 Å². The number of benzene rings is 1. The van der Waals surface area contributed by atoms with Gasteiger partial charge in [-0.25, -0.2) is 0 Å². The van der Waals surface area contributed by atoms with Crippen LogP contribution in [0.15, 0.2) is 22.7 Å². The number of nitrogens with two attached hydrogens (primary N) is 1. The lowest BCUT2D eigenvalue weighted by Gasteiger charge is -2.12. The van der Waals surface area contributed by atoms with Gasteiger partial charge in [0.1, 0.15) is 0 Å². The number of rotatable bonds is 6. The molecule has 21 heavy (non-hydrogen) atoms. The van der Waals surface area contributed by atoms with E-state index in [0.717, 1.165) is 5.56 Å². The van der Waals surface area contributed by atoms with Crippen LogP contribution in [-0.4, -0.2) is 17.3 Å². The van der Waals surface area contributed by atoms with Gasteiger partial charge < -0.3 is 19.7 Å². The minimum absolute atomic E-state index is 0.0567. The Bertz CT molecular complexity index is 594. The van der Waals surface area contributed by atoms with Crippen LogP contribution in [0.4, 0.5) is 0 Å². The maximum absolute atomic E-state index is 5.85. The highest BCUT2D eigenvalue weighted by atomic mass is 16.5. The molecular weight excluding hydrogens is 270 g/mol. The van der Waals surface area contributed by atoms with Gasteiger partial charge in [-0.05, 0) is 24.6 Å². The molecule has 1 aromatic heterocycles. The number of ether oxygens (including phenoxy) is 2. The average molecular weight is 291 g/mol. The summed E-state index contributed by atoms with van der Waals surface area (Å²) in [5.41, 5.74) is 6.84. The summed E-state index contributed by atoms with van der Waals surface area (Å²) in [7, 11) is 1.60. The first kappa shape index (κ1) is 15.3. The molecule has 0 unspecified atom stereocenters. The van der Waals surface area contributed by atoms with E-state index < -0.39 is 0 Å². The van der Waals surface area contributed by atoms with Crippen LogP contribution in [0.5, 0.6) is 11.5 Å². The molecule has 0 amide bonds. The molecule has 0 spiro atoms. The minimum atomic E-state index is -0.0567. The van der Waals surface area contributed by atoms with Gasteiger partial charge in [0, 0.05) is 12.0 Å². The van der Waals surface area contributed by atoms with Gasteiger partial charge in [-0.15, -0.1) is 0 Å². The first-order valence-corrected chi connectivity index (χ1v) is 6.90. The summed E-state index contributed by atoms with van der Waals surface area (Å²) in [5.74, 6) is 2.58. The zero-order chi connectivity index (χ0) is 15.4. The second kappa shape index (κ2) is 6.58. The molecule has 0 aliphatic rings. The predicted octanol–water partition coefficient (Wildman–Crippen LogP) is 2.80. The van der Waals surface area contributed by atoms with Crippen LogP contribution in [0.25, 0.3) is 0 Å². The Kier molecular flexibility index (Phi) is 4.80. The Hall–Kier alpha value is -2.08. The molecule has 1 aromatic carbocycles. The Balaban J connectivity index is 2.08. The van der Waals surface area contributed by atoms with Crippen molar-refractivity contribution in [2.45, 2.75) is 39.3 Å². The normalized spacial score (nSPS) is 12.5. The zero-order valence-corrected chi connectivity index (χ0v) is 12.8. The number of aromatic nitrogens is 2. The molecule has 6 nitrogen and oxygen atoms in total. The molecule has 0 aliphatic heterocycles. The SMILES string of the molecule is COc1cc([C@@H](C)N)ccc1OCc1noc(C(C)C)n1. The molecule has 2 aromatic rings. The largest absolute Gasteiger partial charge is 0.493 e. The summed E-state index contributed by atoms with van der Waals surface area (Å²) >= 11 is 0. The zero-order valence-electron chi connectivity index (χ0n) is 12.8. The van der Waals surface area contributed by atoms with E-state index in [4.69, 9.17) is 19.7 Å². The number of hydrogen-bond acceptors (Lipinski definition) is 6. The molecule has 0 saturated heterocycles. The summed E-state index contributed by atoms with van der Waals surface area (Å²) < 4.78 is 16.1. The van der Waals surface area contributed by atoms with Gasteiger partial charge in [0.2, 0.25) is 11.7 Å². The third kappa shape index (κ3) is 3.72. The maximum atomic E-state index is 5.85. The van der Waals surface area contributed by atoms with Crippen molar-refractivity contribution < 1.29 is 14.0 Å². The monoisotopic (exact) mass is 291 g/mol. The molecule has 0 bridgehead atoms. The third-order valence-corrected chi connectivity index (χ3v) is 3.05. The Morgan fingerprint density at radius 1 is 1.24 bits per heavy atom. The number of nitrogens with zero attached hydrogens (tertiary/aromatic N) is 2. The first-order chi connectivity index (χ1) is 10.0. The molecule has 2 rings (SSSR count). The average Bonchev–Trinajstić information content (AvgIpc) is 2.93. The molecule has 6 heteroatoms. The van der Waals surface area contributed by atoms with Crippen molar-refractivity contribution in [3.8, 4) is 11.5 Å². The smallest absolute Gasteiger partial charge is 0.229 e. The summed E-state index contributed by atoms with van der Waals surface area (Å²) in [6.07, 6.45) is 0. The van der Waals surface area contributed by atoms with Crippen molar-refractivity contribution in [3.05, 3.63) is 35.5 Å². The molecule has 1 heterocycles. The molecule has 0 radical (unpaired) electrons. The van der Waals surface area contributed by atoms with Crippen molar-refractivity contribution in [3.63, 3.8) is 0 Å². The van der Waals surface area contributed by atoms with Crippen molar-refractivity contribution >= 4 is 0 Å². The summed E-state index contributed by atoms with van der Waals surface area (Å²) in [6, 6.07) is 5.56. The topological polar surface area (TPSA) is 83.4 Å². The molecular formula is C15H21N3O3. The van der Waals surface area contributed by atoms with Gasteiger partial charge in [-0.3, -0.25) is 0 Å². The van der Waals surface area contributed by atoms with Crippen LogP contribution < -0.4 is 15.2 Å². The molecule has 1 atom stereocenters. The Morgan fingerprint density at radius 2 is 2.00 bits per heavy atom. The van der Waals surface area contributed by atoms with Crippen molar-refractivity contribution in [2.24, 2.45) is 5.73 Å². The maximum Gasteiger partial charge on any atom is 0.229 e. The second-order valence-electron chi connectivity index (χ2n) is 5.19. The molecule has 2 N–H and O–H groups in total. The molecule has 0 fully saturated rings. The number of hydrogen-bond donors (Lipinski definition) is 1. The van der Waals surface area contributed by atoms with Crippen molar-refractivity contribution in [1.29, 1.82) is 0 Å². The minimum Gasteiger partial charge on any atom is -0.493 e. The highest BCUT2D eigenvalue weighted by molar-refractivity contribution is 5.43. The van der Waals surface area contributed by atoms with E-state index in [9.17, 15) is 0 Å². The van der Waals surface area contributed by atoms with Crippen LogP contribution in [0.2, 0.25) is 0 Å². The van der Waals surface area contributed by atoms with E-state index in [-0.39, 0.29) is 18.6 Å². The summed E-state index contributed by atoms with van der Waals surface area (Å²) in [6.45, 7) is 6.13. The lowest BCUT2D eigenvalue weighted by atomic mass is 10.1. The van der Waals surface area contributed by atoms with Gasteiger partial charge in [0.15, 0.2) is 18.1 Å². The van der Waals surface area contributed by atoms with E-state index in [1.807, 2.05) is 39.0 Å². The fourth-order valence-corrected chi connectivity index (χ4v) is 1.79. The second-order valence-corrected chi connectivity index (χ2v) is 5.19. The Labute approximate surface area is 124 Å². The quantitative estimate of drug-likeness (QED) is 0.881. The van der Waals surface area contributed by atoms with Gasteiger partial charge >= 0.3 is 0 Å².